The molecule has 1 N–H and O–H groups in total. The van der Waals surface area contributed by atoms with Crippen molar-refractivity contribution in [2.45, 2.75) is 45.3 Å². The second-order valence-corrected chi connectivity index (χ2v) is 6.66. The Morgan fingerprint density at radius 1 is 1.42 bits per heavy atom. The lowest BCUT2D eigenvalue weighted by Gasteiger charge is -2.32. The van der Waals surface area contributed by atoms with E-state index < -0.39 is 0 Å². The lowest BCUT2D eigenvalue weighted by Crippen LogP contribution is -2.43. The zero-order valence-corrected chi connectivity index (χ0v) is 14.6. The van der Waals surface area contributed by atoms with E-state index in [9.17, 15) is 4.79 Å². The summed E-state index contributed by atoms with van der Waals surface area (Å²) in [5.41, 5.74) is 4.44. The Morgan fingerprint density at radius 3 is 3.00 bits per heavy atom. The van der Waals surface area contributed by atoms with Crippen molar-refractivity contribution in [3.63, 3.8) is 0 Å². The molecule has 1 aliphatic rings. The minimum Gasteiger partial charge on any atom is -0.371 e. The number of ether oxygens (including phenoxy) is 1. The van der Waals surface area contributed by atoms with Crippen molar-refractivity contribution in [1.82, 2.24) is 15.1 Å². The van der Waals surface area contributed by atoms with Crippen LogP contribution in [-0.4, -0.2) is 28.3 Å². The molecule has 0 saturated carbocycles. The molecule has 0 bridgehead atoms. The highest BCUT2D eigenvalue weighted by Crippen LogP contribution is 2.28. The van der Waals surface area contributed by atoms with E-state index in [1.807, 2.05) is 33.3 Å². The molecule has 24 heavy (non-hydrogen) atoms. The average molecular weight is 327 g/mol. The number of aromatic nitrogens is 2. The maximum absolute atomic E-state index is 12.5. The first-order chi connectivity index (χ1) is 11.5. The molecule has 1 amide bonds. The Bertz CT molecular complexity index is 723. The molecule has 0 unspecified atom stereocenters. The molecular weight excluding hydrogens is 302 g/mol. The molecule has 0 aliphatic carbocycles. The monoisotopic (exact) mass is 327 g/mol. The summed E-state index contributed by atoms with van der Waals surface area (Å²) in [7, 11) is 1.89. The minimum atomic E-state index is -0.116. The van der Waals surface area contributed by atoms with Gasteiger partial charge in [-0.2, -0.15) is 5.10 Å². The number of nitrogens with one attached hydrogen (secondary N) is 1. The summed E-state index contributed by atoms with van der Waals surface area (Å²) in [6.07, 6.45) is 5.96. The summed E-state index contributed by atoms with van der Waals surface area (Å²) in [5.74, 6) is 0.0492. The molecule has 2 atom stereocenters. The van der Waals surface area contributed by atoms with Crippen molar-refractivity contribution in [3.8, 4) is 0 Å². The Kier molecular flexibility index (Phi) is 5.00. The molecule has 5 heteroatoms. The molecule has 0 spiro atoms. The van der Waals surface area contributed by atoms with E-state index in [1.165, 1.54) is 5.56 Å². The van der Waals surface area contributed by atoms with Gasteiger partial charge in [0.05, 0.1) is 18.7 Å². The smallest absolute Gasteiger partial charge is 0.224 e. The van der Waals surface area contributed by atoms with Crippen LogP contribution in [-0.2, 0) is 23.0 Å². The second-order valence-electron chi connectivity index (χ2n) is 6.66. The van der Waals surface area contributed by atoms with Crippen molar-refractivity contribution in [3.05, 3.63) is 52.8 Å². The van der Waals surface area contributed by atoms with Crippen LogP contribution < -0.4 is 5.32 Å². The van der Waals surface area contributed by atoms with Crippen molar-refractivity contribution < 1.29 is 9.53 Å². The van der Waals surface area contributed by atoms with E-state index in [0.717, 1.165) is 36.1 Å². The van der Waals surface area contributed by atoms with Crippen LogP contribution >= 0.6 is 0 Å². The fraction of sp³-hybridized carbons (Fsp3) is 0.474. The molecule has 3 rings (SSSR count). The van der Waals surface area contributed by atoms with Crippen LogP contribution in [0.5, 0.6) is 0 Å². The Balaban J connectivity index is 1.68. The molecule has 128 valence electrons. The van der Waals surface area contributed by atoms with Crippen LogP contribution in [0.3, 0.4) is 0 Å². The first kappa shape index (κ1) is 16.7. The maximum Gasteiger partial charge on any atom is 0.224 e. The van der Waals surface area contributed by atoms with E-state index >= 15 is 0 Å². The van der Waals surface area contributed by atoms with Crippen molar-refractivity contribution in [2.24, 2.45) is 7.05 Å². The van der Waals surface area contributed by atoms with Crippen LogP contribution in [0.1, 0.15) is 41.2 Å². The normalized spacial score (nSPS) is 20.8. The standard InChI is InChI=1S/C19H25N3O2/c1-13-6-7-14(2)15(9-13)10-18(23)21-17-5-4-8-24-19(17)16-11-20-22(3)12-16/h6-7,9,11-12,17,19H,4-5,8,10H2,1-3H3,(H,21,23)/t17-,19+/m0/s1. The van der Waals surface area contributed by atoms with Gasteiger partial charge in [0, 0.05) is 25.4 Å². The molecule has 2 heterocycles. The Morgan fingerprint density at radius 2 is 2.25 bits per heavy atom. The fourth-order valence-electron chi connectivity index (χ4n) is 3.27. The van der Waals surface area contributed by atoms with Crippen molar-refractivity contribution in [1.29, 1.82) is 0 Å². The van der Waals surface area contributed by atoms with E-state index in [1.54, 1.807) is 4.68 Å². The summed E-state index contributed by atoms with van der Waals surface area (Å²) in [6.45, 7) is 4.82. The summed E-state index contributed by atoms with van der Waals surface area (Å²) < 4.78 is 7.68. The number of carbonyl (C=O) groups is 1. The summed E-state index contributed by atoms with van der Waals surface area (Å²) >= 11 is 0. The zero-order valence-electron chi connectivity index (χ0n) is 14.6. The van der Waals surface area contributed by atoms with E-state index in [-0.39, 0.29) is 18.1 Å². The lowest BCUT2D eigenvalue weighted by molar-refractivity contribution is -0.123. The number of hydrogen-bond donors (Lipinski definition) is 1. The van der Waals surface area contributed by atoms with E-state index in [0.29, 0.717) is 6.42 Å². The second kappa shape index (κ2) is 7.18. The number of nitrogens with zero attached hydrogens (tertiary/aromatic N) is 2. The van der Waals surface area contributed by atoms with Crippen LogP contribution in [0.25, 0.3) is 0 Å². The van der Waals surface area contributed by atoms with Crippen LogP contribution in [0.15, 0.2) is 30.6 Å². The van der Waals surface area contributed by atoms with E-state index in [2.05, 4.69) is 28.6 Å². The first-order valence-corrected chi connectivity index (χ1v) is 8.48. The highest BCUT2D eigenvalue weighted by atomic mass is 16.5. The minimum absolute atomic E-state index is 0.000523. The molecule has 1 aromatic heterocycles. The zero-order chi connectivity index (χ0) is 17.1. The van der Waals surface area contributed by atoms with Gasteiger partial charge in [-0.3, -0.25) is 9.48 Å². The van der Waals surface area contributed by atoms with Gasteiger partial charge in [0.15, 0.2) is 0 Å². The van der Waals surface area contributed by atoms with Crippen molar-refractivity contribution in [2.75, 3.05) is 6.61 Å². The van der Waals surface area contributed by atoms with Crippen LogP contribution in [0, 0.1) is 13.8 Å². The molecular formula is C19H25N3O2. The number of aryl methyl sites for hydroxylation is 3. The number of hydrogen-bond acceptors (Lipinski definition) is 3. The summed E-state index contributed by atoms with van der Waals surface area (Å²) in [4.78, 5) is 12.5. The third kappa shape index (κ3) is 3.85. The Hall–Kier alpha value is -2.14. The van der Waals surface area contributed by atoms with Crippen molar-refractivity contribution >= 4 is 5.91 Å². The van der Waals surface area contributed by atoms with Gasteiger partial charge >= 0.3 is 0 Å². The molecule has 1 aromatic carbocycles. The van der Waals surface area contributed by atoms with Crippen LogP contribution in [0.4, 0.5) is 0 Å². The highest BCUT2D eigenvalue weighted by Gasteiger charge is 2.29. The number of amides is 1. The SMILES string of the molecule is Cc1ccc(C)c(CC(=O)N[C@H]2CCCO[C@@H]2c2cnn(C)c2)c1. The molecule has 0 radical (unpaired) electrons. The van der Waals surface area contributed by atoms with Gasteiger partial charge in [0.25, 0.3) is 0 Å². The van der Waals surface area contributed by atoms with Gasteiger partial charge in [0.1, 0.15) is 6.10 Å². The van der Waals surface area contributed by atoms with Gasteiger partial charge in [-0.25, -0.2) is 0 Å². The highest BCUT2D eigenvalue weighted by molar-refractivity contribution is 5.79. The number of carbonyl (C=O) groups excluding carboxylic acids is 1. The largest absolute Gasteiger partial charge is 0.371 e. The third-order valence-corrected chi connectivity index (χ3v) is 4.58. The topological polar surface area (TPSA) is 56.1 Å². The van der Waals surface area contributed by atoms with Gasteiger partial charge in [0.2, 0.25) is 5.91 Å². The summed E-state index contributed by atoms with van der Waals surface area (Å²) in [6, 6.07) is 6.23. The predicted octanol–water partition coefficient (Wildman–Crippen LogP) is 2.62. The Labute approximate surface area is 143 Å². The molecule has 1 fully saturated rings. The average Bonchev–Trinajstić information content (AvgIpc) is 2.98. The van der Waals surface area contributed by atoms with Crippen LogP contribution in [0.2, 0.25) is 0 Å². The van der Waals surface area contributed by atoms with Gasteiger partial charge < -0.3 is 10.1 Å². The van der Waals surface area contributed by atoms with E-state index in [4.69, 9.17) is 4.74 Å². The van der Waals surface area contributed by atoms with Gasteiger partial charge in [-0.05, 0) is 37.8 Å². The molecule has 2 aromatic rings. The number of rotatable bonds is 4. The first-order valence-electron chi connectivity index (χ1n) is 8.48. The quantitative estimate of drug-likeness (QED) is 0.939. The summed E-state index contributed by atoms with van der Waals surface area (Å²) in [5, 5.41) is 7.39. The number of benzene rings is 1. The van der Waals surface area contributed by atoms with Gasteiger partial charge in [-0.15, -0.1) is 0 Å². The lowest BCUT2D eigenvalue weighted by atomic mass is 9.97. The fourth-order valence-corrected chi connectivity index (χ4v) is 3.27. The molecule has 5 nitrogen and oxygen atoms in total. The molecule has 1 saturated heterocycles. The molecule has 1 aliphatic heterocycles. The maximum atomic E-state index is 12.5. The predicted molar refractivity (Wildman–Crippen MR) is 92.7 cm³/mol. The van der Waals surface area contributed by atoms with Gasteiger partial charge in [-0.1, -0.05) is 23.8 Å². The third-order valence-electron chi connectivity index (χ3n) is 4.58.